The van der Waals surface area contributed by atoms with Crippen molar-refractivity contribution >= 4 is 80.0 Å². The Kier molecular flexibility index (Phi) is 30.1. The van der Waals surface area contributed by atoms with Crippen molar-refractivity contribution in [2.75, 3.05) is 47.1 Å². The largest absolute Gasteiger partial charge is 0.493 e. The molecule has 4 unspecified atom stereocenters. The van der Waals surface area contributed by atoms with Gasteiger partial charge in [0.2, 0.25) is 11.7 Å². The summed E-state index contributed by atoms with van der Waals surface area (Å²) in [5, 5.41) is 19.4. The number of halogens is 12. The van der Waals surface area contributed by atoms with Crippen molar-refractivity contribution in [3.63, 3.8) is 0 Å². The minimum absolute atomic E-state index is 0.0885. The number of methoxy groups -OCH3 is 2. The van der Waals surface area contributed by atoms with E-state index in [0.717, 1.165) is 70.3 Å². The second-order valence-corrected chi connectivity index (χ2v) is 29.4. The Morgan fingerprint density at radius 1 is 0.431 bits per heavy atom. The molecular formula is C83H74F12N8O10S3. The molecule has 3 aliphatic heterocycles. The van der Waals surface area contributed by atoms with Crippen LogP contribution in [0.5, 0.6) is 28.7 Å². The van der Waals surface area contributed by atoms with Crippen LogP contribution in [0.1, 0.15) is 141 Å². The lowest BCUT2D eigenvalue weighted by Crippen LogP contribution is -2.32. The number of carbonyl (C=O) groups excluding carboxylic acids is 5. The van der Waals surface area contributed by atoms with Crippen LogP contribution in [0.2, 0.25) is 0 Å². The summed E-state index contributed by atoms with van der Waals surface area (Å²) < 4.78 is 197. The molecule has 0 spiro atoms. The number of nitrogens with zero attached hydrogens (tertiary/aromatic N) is 6. The second-order valence-electron chi connectivity index (χ2n) is 26.2. The lowest BCUT2D eigenvalue weighted by molar-refractivity contribution is -0.123. The van der Waals surface area contributed by atoms with Crippen molar-refractivity contribution in [2.24, 2.45) is 27.1 Å². The van der Waals surface area contributed by atoms with Crippen molar-refractivity contribution in [1.82, 2.24) is 25.7 Å². The molecule has 0 saturated carbocycles. The molecule has 608 valence electrons. The predicted octanol–water partition coefficient (Wildman–Crippen LogP) is 18.8. The Morgan fingerprint density at radius 3 is 1.28 bits per heavy atom. The molecule has 9 aromatic carbocycles. The summed E-state index contributed by atoms with van der Waals surface area (Å²) in [5.74, 6) is -16.4. The Balaban J connectivity index is 0.000000184. The van der Waals surface area contributed by atoms with Crippen LogP contribution in [0.3, 0.4) is 0 Å². The summed E-state index contributed by atoms with van der Waals surface area (Å²) in [6.07, 6.45) is 2.34. The Bertz CT molecular complexity index is 5130. The van der Waals surface area contributed by atoms with Gasteiger partial charge in [0, 0.05) is 77.2 Å². The molecule has 5 amide bonds. The normalized spacial score (nSPS) is 15.1. The van der Waals surface area contributed by atoms with Crippen molar-refractivity contribution < 1.29 is 100 Å². The number of carbonyl (C=O) groups is 5. The van der Waals surface area contributed by atoms with E-state index in [1.165, 1.54) is 79.9 Å². The smallest absolute Gasteiger partial charge is 0.281 e. The molecule has 3 heterocycles. The second kappa shape index (κ2) is 40.2. The first kappa shape index (κ1) is 86.9. The molecule has 0 aliphatic carbocycles. The topological polar surface area (TPSA) is 202 Å². The molecule has 33 heteroatoms. The van der Waals surface area contributed by atoms with Gasteiger partial charge in [-0.15, -0.1) is 0 Å². The standard InChI is InChI=1S/C29H27F4N3O3S.C28H25F4N3O3S.C26H22F4N2O4S/c1-17(2)16-34-25(37)8-5-13-39-24-7-4-3-6-21(24)29-36(28(38)26-22(32)14-20(31)15-23(26)33)35-27(40-29)18-9-11-19(30)12-10-18;1-3-16(2)14-33-24(36)15-38-23-7-5-4-6-20(23)28-35(27(37)25-21(31)12-19(30)13-22(25)32)34-26(39-28)17-8-10-18(29)11-9-17;1-4-12-36-19-7-5-6-16(22(19)34-2)26-32(31-24(37-26)14-8-10-15(27)11-9-14)25(33)17-13-18(28)21(30)23(35-3)20(17)29/h3-4,6-7,9-12,14-15,17,29H,5,8,13,16H2,1-2H3,(H,34,37);4-13,16,28H,3,14-15H2,1-2H3,(H,33,36);5-11,13,26H,4,12H2,1-3H3. The highest BCUT2D eigenvalue weighted by atomic mass is 32.2. The number of hydrogen-bond acceptors (Lipinski definition) is 16. The molecule has 9 aromatic rings. The molecule has 18 nitrogen and oxygen atoms in total. The van der Waals surface area contributed by atoms with E-state index in [4.69, 9.17) is 18.9 Å². The van der Waals surface area contributed by atoms with Gasteiger partial charge in [-0.2, -0.15) is 19.7 Å². The van der Waals surface area contributed by atoms with E-state index in [-0.39, 0.29) is 42.2 Å². The van der Waals surface area contributed by atoms with Gasteiger partial charge in [-0.1, -0.05) is 125 Å². The van der Waals surface area contributed by atoms with Crippen molar-refractivity contribution in [3.8, 4) is 28.7 Å². The molecule has 0 aromatic heterocycles. The van der Waals surface area contributed by atoms with E-state index in [1.807, 2.05) is 34.6 Å². The van der Waals surface area contributed by atoms with E-state index < -0.39 is 126 Å². The zero-order valence-electron chi connectivity index (χ0n) is 62.9. The third kappa shape index (κ3) is 21.4. The van der Waals surface area contributed by atoms with Crippen LogP contribution in [0.15, 0.2) is 185 Å². The number of ether oxygens (including phenoxy) is 5. The molecule has 3 aliphatic rings. The highest BCUT2D eigenvalue weighted by molar-refractivity contribution is 8.15. The summed E-state index contributed by atoms with van der Waals surface area (Å²) >= 11 is 3.29. The zero-order valence-corrected chi connectivity index (χ0v) is 65.4. The van der Waals surface area contributed by atoms with E-state index in [2.05, 4.69) is 30.7 Å². The molecule has 0 fully saturated rings. The first-order valence-corrected chi connectivity index (χ1v) is 38.6. The van der Waals surface area contributed by atoms with Crippen LogP contribution >= 0.6 is 35.3 Å². The number of amides is 5. The Labute approximate surface area is 671 Å². The molecule has 0 radical (unpaired) electrons. The van der Waals surface area contributed by atoms with Gasteiger partial charge in [-0.05, 0) is 122 Å². The zero-order chi connectivity index (χ0) is 83.6. The summed E-state index contributed by atoms with van der Waals surface area (Å²) in [7, 11) is 2.40. The van der Waals surface area contributed by atoms with Gasteiger partial charge in [0.25, 0.3) is 23.6 Å². The van der Waals surface area contributed by atoms with Gasteiger partial charge in [-0.3, -0.25) is 24.0 Å². The van der Waals surface area contributed by atoms with Gasteiger partial charge in [0.05, 0.1) is 33.0 Å². The number of hydrazone groups is 3. The first-order valence-electron chi connectivity index (χ1n) is 35.9. The summed E-state index contributed by atoms with van der Waals surface area (Å²) in [4.78, 5) is 64.7. The maximum atomic E-state index is 15.0. The number of thioether (sulfide) groups is 3. The molecule has 2 N–H and O–H groups in total. The molecule has 116 heavy (non-hydrogen) atoms. The molecule has 12 rings (SSSR count). The van der Waals surface area contributed by atoms with Crippen molar-refractivity contribution in [1.29, 1.82) is 0 Å². The van der Waals surface area contributed by atoms with Crippen LogP contribution in [0.4, 0.5) is 52.7 Å². The number of hydrogen-bond donors (Lipinski definition) is 2. The molecule has 0 bridgehead atoms. The monoisotopic (exact) mass is 1670 g/mol. The van der Waals surface area contributed by atoms with Crippen LogP contribution in [-0.4, -0.2) is 107 Å². The van der Waals surface area contributed by atoms with Gasteiger partial charge in [0.15, 0.2) is 35.5 Å². The van der Waals surface area contributed by atoms with Crippen LogP contribution in [0.25, 0.3) is 0 Å². The number of benzene rings is 9. The average molecular weight is 1670 g/mol. The summed E-state index contributed by atoms with van der Waals surface area (Å²) in [6.45, 7) is 11.3. The third-order valence-corrected chi connectivity index (χ3v) is 21.0. The van der Waals surface area contributed by atoms with E-state index in [0.29, 0.717) is 129 Å². The number of para-hydroxylation sites is 3. The van der Waals surface area contributed by atoms with Crippen LogP contribution < -0.4 is 34.3 Å². The highest BCUT2D eigenvalue weighted by Gasteiger charge is 2.43. The average Bonchev–Trinajstić information content (AvgIpc) is 1.59. The maximum Gasteiger partial charge on any atom is 0.281 e. The Morgan fingerprint density at radius 2 is 0.836 bits per heavy atom. The lowest BCUT2D eigenvalue weighted by Gasteiger charge is -2.24. The highest BCUT2D eigenvalue weighted by Crippen LogP contribution is 2.50. The van der Waals surface area contributed by atoms with Crippen LogP contribution in [-0.2, 0) is 9.59 Å². The molecule has 4 atom stereocenters. The SMILES string of the molecule is CC(C)CNC(=O)CCCOc1ccccc1C1SC(c2ccc(F)cc2)=NN1C(=O)c1c(F)cc(F)cc1F.CCC(C)CNC(=O)COc1ccccc1C1SC(c2ccc(F)cc2)=NN1C(=O)c1c(F)cc(F)cc1F.CCCOc1cccc(C2SC(c3ccc(F)cc3)=NN2C(=O)c2cc(F)c(F)c(OC)c2F)c1OC. The van der Waals surface area contributed by atoms with E-state index in [1.54, 1.807) is 66.7 Å². The number of rotatable bonds is 27. The fourth-order valence-corrected chi connectivity index (χ4v) is 14.8. The first-order chi connectivity index (χ1) is 55.6. The minimum atomic E-state index is -1.55. The van der Waals surface area contributed by atoms with Crippen molar-refractivity contribution in [3.05, 3.63) is 290 Å². The van der Waals surface area contributed by atoms with Crippen molar-refractivity contribution in [2.45, 2.75) is 76.4 Å². The Hall–Kier alpha value is -11.5. The molecule has 0 saturated heterocycles. The van der Waals surface area contributed by atoms with Gasteiger partial charge < -0.3 is 34.3 Å². The summed E-state index contributed by atoms with van der Waals surface area (Å²) in [5.41, 5.74) is 0.0710. The van der Waals surface area contributed by atoms with Gasteiger partial charge in [-0.25, -0.2) is 63.3 Å². The maximum absolute atomic E-state index is 15.0. The fourth-order valence-electron chi connectivity index (χ4n) is 11.3. The minimum Gasteiger partial charge on any atom is -0.493 e. The molecular weight excluding hydrogens is 1590 g/mol. The number of nitrogens with one attached hydrogen (secondary N) is 2. The fraction of sp³-hybridized carbons (Fsp3) is 0.253. The van der Waals surface area contributed by atoms with E-state index >= 15 is 4.39 Å². The third-order valence-electron chi connectivity index (χ3n) is 17.3. The van der Waals surface area contributed by atoms with Gasteiger partial charge in [0.1, 0.15) is 106 Å². The quantitative estimate of drug-likeness (QED) is 0.0280. The van der Waals surface area contributed by atoms with E-state index in [9.17, 15) is 72.3 Å². The lowest BCUT2D eigenvalue weighted by atomic mass is 10.1. The predicted molar refractivity (Wildman–Crippen MR) is 416 cm³/mol. The van der Waals surface area contributed by atoms with Crippen LogP contribution in [0, 0.1) is 81.6 Å². The van der Waals surface area contributed by atoms with Gasteiger partial charge >= 0.3 is 0 Å². The summed E-state index contributed by atoms with van der Waals surface area (Å²) in [6, 6.07) is 36.7.